The Morgan fingerprint density at radius 2 is 1.29 bits per heavy atom. The fourth-order valence-corrected chi connectivity index (χ4v) is 7.04. The molecule has 0 bridgehead atoms. The van der Waals surface area contributed by atoms with E-state index in [0.717, 1.165) is 55.7 Å². The lowest BCUT2D eigenvalue weighted by molar-refractivity contribution is 0.484. The number of ether oxygens (including phenoxy) is 1. The highest BCUT2D eigenvalue weighted by atomic mass is 16.5. The summed E-state index contributed by atoms with van der Waals surface area (Å²) in [6, 6.07) is 40.2. The third-order valence-electron chi connectivity index (χ3n) is 8.95. The summed E-state index contributed by atoms with van der Waals surface area (Å²) in [7, 11) is 0. The van der Waals surface area contributed by atoms with Gasteiger partial charge in [-0.15, -0.1) is 0 Å². The summed E-state index contributed by atoms with van der Waals surface area (Å²) in [6.45, 7) is 4.38. The van der Waals surface area contributed by atoms with Crippen molar-refractivity contribution in [1.82, 2.24) is 18.9 Å². The fraction of sp³-hybridized carbons (Fsp3) is 0.0500. The molecule has 4 heterocycles. The van der Waals surface area contributed by atoms with Crippen molar-refractivity contribution in [3.05, 3.63) is 145 Å². The van der Waals surface area contributed by atoms with Gasteiger partial charge in [0.15, 0.2) is 0 Å². The van der Waals surface area contributed by atoms with Gasteiger partial charge in [0.1, 0.15) is 23.0 Å². The maximum Gasteiger partial charge on any atom is 0.145 e. The lowest BCUT2D eigenvalue weighted by Gasteiger charge is -2.17. The minimum absolute atomic E-state index is 0.760. The van der Waals surface area contributed by atoms with Crippen LogP contribution >= 0.6 is 0 Å². The highest BCUT2D eigenvalue weighted by Crippen LogP contribution is 2.41. The van der Waals surface area contributed by atoms with Crippen LogP contribution in [0.15, 0.2) is 134 Å². The second-order valence-corrected chi connectivity index (χ2v) is 11.6. The first-order valence-corrected chi connectivity index (χ1v) is 15.2. The van der Waals surface area contributed by atoms with E-state index < -0.39 is 0 Å². The monoisotopic (exact) mass is 580 g/mol. The number of hydrogen-bond acceptors (Lipinski definition) is 3. The average molecular weight is 581 g/mol. The third kappa shape index (κ3) is 3.87. The predicted octanol–water partition coefficient (Wildman–Crippen LogP) is 10.2. The molecule has 5 aromatic carbocycles. The van der Waals surface area contributed by atoms with Crippen LogP contribution in [0.25, 0.3) is 66.1 Å². The molecular formula is C40H28N4O. The fourth-order valence-electron chi connectivity index (χ4n) is 7.04. The molecule has 0 saturated carbocycles. The number of para-hydroxylation sites is 1. The van der Waals surface area contributed by atoms with Gasteiger partial charge in [0.2, 0.25) is 0 Å². The molecule has 0 N–H and O–H groups in total. The largest absolute Gasteiger partial charge is 0.457 e. The summed E-state index contributed by atoms with van der Waals surface area (Å²) >= 11 is 0. The van der Waals surface area contributed by atoms with Crippen LogP contribution in [-0.4, -0.2) is 18.9 Å². The molecule has 0 spiro atoms. The van der Waals surface area contributed by atoms with Crippen LogP contribution in [0.3, 0.4) is 0 Å². The number of fused-ring (bicyclic) bond motifs is 9. The Bertz CT molecular complexity index is 2570. The van der Waals surface area contributed by atoms with Crippen molar-refractivity contribution in [3.8, 4) is 28.4 Å². The number of benzene rings is 5. The summed E-state index contributed by atoms with van der Waals surface area (Å²) in [4.78, 5) is 9.46. The summed E-state index contributed by atoms with van der Waals surface area (Å²) in [5.41, 5.74) is 9.24. The molecule has 5 nitrogen and oxygen atoms in total. The van der Waals surface area contributed by atoms with Crippen molar-refractivity contribution in [2.24, 2.45) is 0 Å². The van der Waals surface area contributed by atoms with Crippen LogP contribution < -0.4 is 4.74 Å². The van der Waals surface area contributed by atoms with E-state index in [4.69, 9.17) is 9.72 Å². The first-order chi connectivity index (χ1) is 22.2. The minimum Gasteiger partial charge on any atom is -0.457 e. The minimum atomic E-state index is 0.760. The zero-order valence-electron chi connectivity index (χ0n) is 24.9. The van der Waals surface area contributed by atoms with Gasteiger partial charge in [0.05, 0.1) is 16.6 Å². The second-order valence-electron chi connectivity index (χ2n) is 11.6. The van der Waals surface area contributed by atoms with Crippen LogP contribution in [0, 0.1) is 13.8 Å². The Balaban J connectivity index is 1.23. The second kappa shape index (κ2) is 9.79. The lowest BCUT2D eigenvalue weighted by atomic mass is 9.91. The van der Waals surface area contributed by atoms with Gasteiger partial charge in [-0.2, -0.15) is 0 Å². The van der Waals surface area contributed by atoms with Crippen molar-refractivity contribution in [3.63, 3.8) is 0 Å². The van der Waals surface area contributed by atoms with Gasteiger partial charge >= 0.3 is 0 Å². The predicted molar refractivity (Wildman–Crippen MR) is 184 cm³/mol. The van der Waals surface area contributed by atoms with Gasteiger partial charge in [0, 0.05) is 46.2 Å². The van der Waals surface area contributed by atoms with E-state index >= 15 is 0 Å². The zero-order valence-corrected chi connectivity index (χ0v) is 24.9. The average Bonchev–Trinajstić information content (AvgIpc) is 3.69. The van der Waals surface area contributed by atoms with Gasteiger partial charge in [-0.1, -0.05) is 54.6 Å². The van der Waals surface area contributed by atoms with Gasteiger partial charge < -0.3 is 4.74 Å². The van der Waals surface area contributed by atoms with E-state index in [1.165, 1.54) is 33.0 Å². The molecule has 45 heavy (non-hydrogen) atoms. The van der Waals surface area contributed by atoms with E-state index in [0.29, 0.717) is 0 Å². The van der Waals surface area contributed by atoms with Crippen molar-refractivity contribution in [2.45, 2.75) is 13.8 Å². The van der Waals surface area contributed by atoms with Gasteiger partial charge in [0.25, 0.3) is 0 Å². The molecule has 0 aliphatic carbocycles. The first-order valence-electron chi connectivity index (χ1n) is 15.2. The maximum absolute atomic E-state index is 6.60. The van der Waals surface area contributed by atoms with E-state index in [-0.39, 0.29) is 0 Å². The van der Waals surface area contributed by atoms with Crippen molar-refractivity contribution < 1.29 is 4.74 Å². The number of aryl methyl sites for hydroxylation is 2. The van der Waals surface area contributed by atoms with Crippen molar-refractivity contribution >= 4 is 49.1 Å². The summed E-state index contributed by atoms with van der Waals surface area (Å²) in [6.07, 6.45) is 5.75. The summed E-state index contributed by atoms with van der Waals surface area (Å²) in [5, 5.41) is 5.76. The number of nitrogens with zero attached hydrogens (tertiary/aromatic N) is 4. The molecule has 0 amide bonds. The third-order valence-corrected chi connectivity index (χ3v) is 8.95. The van der Waals surface area contributed by atoms with Crippen molar-refractivity contribution in [1.29, 1.82) is 0 Å². The van der Waals surface area contributed by atoms with Crippen LogP contribution in [0.4, 0.5) is 0 Å². The summed E-state index contributed by atoms with van der Waals surface area (Å²) < 4.78 is 11.0. The first kappa shape index (κ1) is 25.5. The Hall–Kier alpha value is -5.94. The molecule has 0 fully saturated rings. The molecule has 0 unspecified atom stereocenters. The molecule has 9 rings (SSSR count). The van der Waals surface area contributed by atoms with Gasteiger partial charge in [-0.25, -0.2) is 9.97 Å². The van der Waals surface area contributed by atoms with E-state index in [1.807, 2.05) is 42.9 Å². The Labute approximate surface area is 259 Å². The highest BCUT2D eigenvalue weighted by molar-refractivity contribution is 6.17. The molecule has 5 heteroatoms. The molecule has 0 atom stereocenters. The number of hydrogen-bond donors (Lipinski definition) is 0. The smallest absolute Gasteiger partial charge is 0.145 e. The SMILES string of the molecule is Cc1cccc(C)c1-c1cccc2c1c1ccc(Oc3ccc4c5ccccc5n(-c5ccccn5)c4c3)cc1c1nccn21. The Kier molecular flexibility index (Phi) is 5.56. The Morgan fingerprint density at radius 3 is 2.13 bits per heavy atom. The Morgan fingerprint density at radius 1 is 0.556 bits per heavy atom. The van der Waals surface area contributed by atoms with Gasteiger partial charge in [-0.3, -0.25) is 8.97 Å². The molecule has 214 valence electrons. The van der Waals surface area contributed by atoms with Crippen LogP contribution in [0.2, 0.25) is 0 Å². The number of pyridine rings is 2. The van der Waals surface area contributed by atoms with E-state index in [9.17, 15) is 0 Å². The number of imidazole rings is 1. The molecular weight excluding hydrogens is 552 g/mol. The van der Waals surface area contributed by atoms with Crippen LogP contribution in [0.1, 0.15) is 11.1 Å². The van der Waals surface area contributed by atoms with Crippen LogP contribution in [-0.2, 0) is 0 Å². The molecule has 0 radical (unpaired) electrons. The maximum atomic E-state index is 6.60. The number of rotatable bonds is 4. The molecule has 0 aliphatic heterocycles. The highest BCUT2D eigenvalue weighted by Gasteiger charge is 2.18. The number of aromatic nitrogens is 4. The van der Waals surface area contributed by atoms with Gasteiger partial charge in [-0.05, 0) is 96.1 Å². The van der Waals surface area contributed by atoms with E-state index in [1.54, 1.807) is 0 Å². The molecule has 9 aromatic rings. The normalized spacial score (nSPS) is 11.8. The summed E-state index contributed by atoms with van der Waals surface area (Å²) in [5.74, 6) is 2.40. The lowest BCUT2D eigenvalue weighted by Crippen LogP contribution is -1.96. The molecule has 0 aliphatic rings. The topological polar surface area (TPSA) is 44.3 Å². The van der Waals surface area contributed by atoms with E-state index in [2.05, 4.69) is 119 Å². The molecule has 4 aromatic heterocycles. The standard InChI is InChI=1S/C40H28N4O/c1-25-9-7-10-26(2)38(25)32-12-8-14-35-39(32)31-19-17-27(23-33(31)40-42-21-22-43(35)40)45-28-16-18-30-29-11-3-4-13-34(29)44(36(30)24-28)37-15-5-6-20-41-37/h3-24H,1-2H3. The van der Waals surface area contributed by atoms with Crippen molar-refractivity contribution in [2.75, 3.05) is 0 Å². The quantitative estimate of drug-likeness (QED) is 0.195. The molecule has 0 saturated heterocycles. The van der Waals surface area contributed by atoms with Crippen LogP contribution in [0.5, 0.6) is 11.5 Å². The zero-order chi connectivity index (χ0) is 30.1.